The number of benzene rings is 2. The smallest absolute Gasteiger partial charge is 0.193 e. The number of rotatable bonds is 4. The first kappa shape index (κ1) is 16.7. The molecule has 0 N–H and O–H groups in total. The zero-order valence-electron chi connectivity index (χ0n) is 13.6. The van der Waals surface area contributed by atoms with E-state index in [0.29, 0.717) is 5.56 Å². The van der Waals surface area contributed by atoms with Crippen molar-refractivity contribution in [2.24, 2.45) is 0 Å². The van der Waals surface area contributed by atoms with Crippen molar-refractivity contribution in [3.05, 3.63) is 70.8 Å². The van der Waals surface area contributed by atoms with Crippen LogP contribution in [0, 0.1) is 11.6 Å². The maximum atomic E-state index is 13.3. The fraction of sp³-hybridized carbons (Fsp3) is 0.316. The van der Waals surface area contributed by atoms with Crippen molar-refractivity contribution in [1.82, 2.24) is 9.80 Å². The van der Waals surface area contributed by atoms with E-state index >= 15 is 0 Å². The number of hydrogen-bond donors (Lipinski definition) is 0. The molecule has 1 fully saturated rings. The molecule has 0 atom stereocenters. The van der Waals surface area contributed by atoms with E-state index in [1.807, 2.05) is 12.1 Å². The zero-order chi connectivity index (χ0) is 17.1. The van der Waals surface area contributed by atoms with E-state index in [9.17, 15) is 13.6 Å². The van der Waals surface area contributed by atoms with Crippen LogP contribution in [-0.4, -0.2) is 48.8 Å². The van der Waals surface area contributed by atoms with E-state index < -0.39 is 11.6 Å². The molecule has 0 amide bonds. The second-order valence-electron chi connectivity index (χ2n) is 6.23. The largest absolute Gasteiger partial charge is 0.304 e. The Hall–Kier alpha value is -2.11. The molecular formula is C19H20F2N2O. The van der Waals surface area contributed by atoms with Gasteiger partial charge in [0.2, 0.25) is 0 Å². The Morgan fingerprint density at radius 2 is 1.54 bits per heavy atom. The second-order valence-corrected chi connectivity index (χ2v) is 6.23. The molecule has 0 spiro atoms. The number of nitrogens with zero attached hydrogens (tertiary/aromatic N) is 2. The summed E-state index contributed by atoms with van der Waals surface area (Å²) >= 11 is 0. The summed E-state index contributed by atoms with van der Waals surface area (Å²) in [5.74, 6) is -2.26. The molecule has 2 aromatic carbocycles. The van der Waals surface area contributed by atoms with Crippen LogP contribution in [0.1, 0.15) is 21.5 Å². The topological polar surface area (TPSA) is 23.6 Å². The quantitative estimate of drug-likeness (QED) is 0.806. The first-order valence-electron chi connectivity index (χ1n) is 8.02. The first-order valence-corrected chi connectivity index (χ1v) is 8.02. The van der Waals surface area contributed by atoms with Crippen molar-refractivity contribution < 1.29 is 13.6 Å². The molecule has 3 rings (SSSR count). The summed E-state index contributed by atoms with van der Waals surface area (Å²) in [4.78, 5) is 17.0. The van der Waals surface area contributed by atoms with Crippen molar-refractivity contribution >= 4 is 5.78 Å². The van der Waals surface area contributed by atoms with E-state index in [-0.39, 0.29) is 11.3 Å². The van der Waals surface area contributed by atoms with Gasteiger partial charge in [-0.05, 0) is 30.8 Å². The Bertz CT molecular complexity index is 723. The predicted octanol–water partition coefficient (Wildman–Crippen LogP) is 2.94. The van der Waals surface area contributed by atoms with Crippen LogP contribution in [0.4, 0.5) is 8.78 Å². The summed E-state index contributed by atoms with van der Waals surface area (Å²) in [5, 5.41) is 0. The Balaban J connectivity index is 1.67. The van der Waals surface area contributed by atoms with Crippen molar-refractivity contribution in [3.63, 3.8) is 0 Å². The lowest BCUT2D eigenvalue weighted by molar-refractivity contribution is 0.103. The number of piperazine rings is 1. The highest BCUT2D eigenvalue weighted by molar-refractivity contribution is 6.08. The average Bonchev–Trinajstić information content (AvgIpc) is 2.59. The van der Waals surface area contributed by atoms with Gasteiger partial charge in [-0.2, -0.15) is 0 Å². The van der Waals surface area contributed by atoms with Gasteiger partial charge in [0.1, 0.15) is 0 Å². The van der Waals surface area contributed by atoms with Gasteiger partial charge in [0.05, 0.1) is 0 Å². The Kier molecular flexibility index (Phi) is 5.02. The molecule has 2 aromatic rings. The van der Waals surface area contributed by atoms with Gasteiger partial charge < -0.3 is 4.90 Å². The van der Waals surface area contributed by atoms with Gasteiger partial charge in [0.25, 0.3) is 0 Å². The molecule has 1 aliphatic heterocycles. The third-order valence-corrected chi connectivity index (χ3v) is 4.40. The maximum Gasteiger partial charge on any atom is 0.193 e. The first-order chi connectivity index (χ1) is 11.5. The molecule has 3 nitrogen and oxygen atoms in total. The normalized spacial score (nSPS) is 16.3. The summed E-state index contributed by atoms with van der Waals surface area (Å²) in [7, 11) is 2.12. The fourth-order valence-electron chi connectivity index (χ4n) is 2.83. The van der Waals surface area contributed by atoms with Gasteiger partial charge >= 0.3 is 0 Å². The molecular weight excluding hydrogens is 310 g/mol. The lowest BCUT2D eigenvalue weighted by atomic mass is 10.0. The van der Waals surface area contributed by atoms with Crippen molar-refractivity contribution in [1.29, 1.82) is 0 Å². The highest BCUT2D eigenvalue weighted by Gasteiger charge is 2.15. The standard InChI is InChI=1S/C19H20F2N2O/c1-22-8-10-23(11-9-22)13-14-2-4-15(5-3-14)19(24)16-6-7-17(20)18(21)12-16/h2-7,12H,8-11,13H2,1H3. The maximum absolute atomic E-state index is 13.3. The van der Waals surface area contributed by atoms with E-state index in [4.69, 9.17) is 0 Å². The molecule has 0 saturated carbocycles. The van der Waals surface area contributed by atoms with E-state index in [2.05, 4.69) is 16.8 Å². The second kappa shape index (κ2) is 7.20. The van der Waals surface area contributed by atoms with Gasteiger partial charge in [-0.3, -0.25) is 9.69 Å². The number of carbonyl (C=O) groups excluding carboxylic acids is 1. The molecule has 0 aromatic heterocycles. The summed E-state index contributed by atoms with van der Waals surface area (Å²) in [6, 6.07) is 10.6. The lowest BCUT2D eigenvalue weighted by Gasteiger charge is -2.32. The molecule has 5 heteroatoms. The van der Waals surface area contributed by atoms with Crippen molar-refractivity contribution in [3.8, 4) is 0 Å². The van der Waals surface area contributed by atoms with Gasteiger partial charge in [0.15, 0.2) is 17.4 Å². The number of halogens is 2. The average molecular weight is 330 g/mol. The molecule has 1 saturated heterocycles. The minimum atomic E-state index is -1.01. The number of likely N-dealkylation sites (N-methyl/N-ethyl adjacent to an activating group) is 1. The molecule has 0 unspecified atom stereocenters. The molecule has 0 aliphatic carbocycles. The van der Waals surface area contributed by atoms with Crippen LogP contribution >= 0.6 is 0 Å². The number of ketones is 1. The highest BCUT2D eigenvalue weighted by atomic mass is 19.2. The van der Waals surface area contributed by atoms with Gasteiger partial charge in [-0.25, -0.2) is 8.78 Å². The zero-order valence-corrected chi connectivity index (χ0v) is 13.6. The number of hydrogen-bond acceptors (Lipinski definition) is 3. The van der Waals surface area contributed by atoms with Crippen LogP contribution < -0.4 is 0 Å². The molecule has 126 valence electrons. The molecule has 0 bridgehead atoms. The molecule has 1 aliphatic rings. The van der Waals surface area contributed by atoms with Gasteiger partial charge in [-0.1, -0.05) is 24.3 Å². The third kappa shape index (κ3) is 3.86. The summed E-state index contributed by atoms with van der Waals surface area (Å²) in [6.07, 6.45) is 0. The van der Waals surface area contributed by atoms with Crippen molar-refractivity contribution in [2.45, 2.75) is 6.54 Å². The molecule has 24 heavy (non-hydrogen) atoms. The third-order valence-electron chi connectivity index (χ3n) is 4.40. The van der Waals surface area contributed by atoms with Crippen LogP contribution in [0.25, 0.3) is 0 Å². The van der Waals surface area contributed by atoms with Crippen LogP contribution in [0.3, 0.4) is 0 Å². The monoisotopic (exact) mass is 330 g/mol. The fourth-order valence-corrected chi connectivity index (χ4v) is 2.83. The minimum Gasteiger partial charge on any atom is -0.304 e. The number of carbonyl (C=O) groups is 1. The summed E-state index contributed by atoms with van der Waals surface area (Å²) in [6.45, 7) is 5.05. The SMILES string of the molecule is CN1CCN(Cc2ccc(C(=O)c3ccc(F)c(F)c3)cc2)CC1. The Morgan fingerprint density at radius 1 is 0.917 bits per heavy atom. The van der Waals surface area contributed by atoms with Crippen molar-refractivity contribution in [2.75, 3.05) is 33.2 Å². The van der Waals surface area contributed by atoms with E-state index in [1.54, 1.807) is 12.1 Å². The van der Waals surface area contributed by atoms with Gasteiger partial charge in [0, 0.05) is 43.9 Å². The van der Waals surface area contributed by atoms with Gasteiger partial charge in [-0.15, -0.1) is 0 Å². The lowest BCUT2D eigenvalue weighted by Crippen LogP contribution is -2.43. The predicted molar refractivity (Wildman–Crippen MR) is 89.0 cm³/mol. The highest BCUT2D eigenvalue weighted by Crippen LogP contribution is 2.15. The summed E-state index contributed by atoms with van der Waals surface area (Å²) in [5.41, 5.74) is 1.77. The minimum absolute atomic E-state index is 0.153. The van der Waals surface area contributed by atoms with E-state index in [0.717, 1.165) is 50.4 Å². The van der Waals surface area contributed by atoms with Crippen LogP contribution in [0.5, 0.6) is 0 Å². The summed E-state index contributed by atoms with van der Waals surface area (Å²) < 4.78 is 26.2. The van der Waals surface area contributed by atoms with Crippen LogP contribution in [0.2, 0.25) is 0 Å². The Labute approximate surface area is 140 Å². The van der Waals surface area contributed by atoms with Crippen LogP contribution in [-0.2, 0) is 6.54 Å². The van der Waals surface area contributed by atoms with Crippen LogP contribution in [0.15, 0.2) is 42.5 Å². The Morgan fingerprint density at radius 3 is 2.17 bits per heavy atom. The van der Waals surface area contributed by atoms with E-state index in [1.165, 1.54) is 6.07 Å². The molecule has 0 radical (unpaired) electrons. The molecule has 1 heterocycles.